The van der Waals surface area contributed by atoms with Crippen LogP contribution in [0.15, 0.2) is 0 Å². The van der Waals surface area contributed by atoms with E-state index in [0.717, 1.165) is 44.9 Å². The molecule has 1 heterocycles. The number of hydrogen-bond acceptors (Lipinski definition) is 2. The van der Waals surface area contributed by atoms with Crippen LogP contribution in [0.2, 0.25) is 0 Å². The van der Waals surface area contributed by atoms with Gasteiger partial charge in [-0.25, -0.2) is 4.79 Å². The summed E-state index contributed by atoms with van der Waals surface area (Å²) in [4.78, 5) is 16.4. The quantitative estimate of drug-likeness (QED) is 0.836. The van der Waals surface area contributed by atoms with Crippen LogP contribution < -0.4 is 5.73 Å². The third-order valence-electron chi connectivity index (χ3n) is 3.88. The molecule has 0 spiro atoms. The number of rotatable bonds is 4. The first-order valence-electron chi connectivity index (χ1n) is 7.13. The van der Waals surface area contributed by atoms with Crippen LogP contribution in [0.25, 0.3) is 0 Å². The predicted octanol–water partition coefficient (Wildman–Crippen LogP) is 2.15. The summed E-state index contributed by atoms with van der Waals surface area (Å²) in [6.07, 6.45) is 2.26. The molecule has 0 aromatic carbocycles. The molecule has 0 aliphatic carbocycles. The van der Waals surface area contributed by atoms with E-state index in [2.05, 4.69) is 20.8 Å². The smallest absolute Gasteiger partial charge is 0.320 e. The van der Waals surface area contributed by atoms with Crippen molar-refractivity contribution in [1.29, 1.82) is 0 Å². The zero-order valence-electron chi connectivity index (χ0n) is 12.4. The minimum Gasteiger partial charge on any atom is -0.330 e. The molecule has 2 N–H and O–H groups in total. The van der Waals surface area contributed by atoms with Crippen molar-refractivity contribution < 1.29 is 4.79 Å². The first-order chi connectivity index (χ1) is 8.39. The van der Waals surface area contributed by atoms with Crippen LogP contribution in [0.1, 0.15) is 40.5 Å². The summed E-state index contributed by atoms with van der Waals surface area (Å²) in [5.74, 6) is 0.754. The van der Waals surface area contributed by atoms with Crippen molar-refractivity contribution in [3.05, 3.63) is 0 Å². The van der Waals surface area contributed by atoms with Gasteiger partial charge in [-0.05, 0) is 37.6 Å². The molecular formula is C14H29N3O. The molecule has 1 rings (SSSR count). The Kier molecular flexibility index (Phi) is 5.45. The predicted molar refractivity (Wildman–Crippen MR) is 75.4 cm³/mol. The van der Waals surface area contributed by atoms with E-state index in [1.165, 1.54) is 0 Å². The second-order valence-corrected chi connectivity index (χ2v) is 6.33. The molecule has 4 nitrogen and oxygen atoms in total. The Morgan fingerprint density at radius 2 is 1.94 bits per heavy atom. The molecule has 0 radical (unpaired) electrons. The Balaban J connectivity index is 2.57. The molecule has 0 bridgehead atoms. The third-order valence-corrected chi connectivity index (χ3v) is 3.88. The molecule has 1 fully saturated rings. The van der Waals surface area contributed by atoms with Crippen LogP contribution in [-0.4, -0.2) is 48.6 Å². The van der Waals surface area contributed by atoms with Gasteiger partial charge < -0.3 is 15.5 Å². The molecule has 4 heteroatoms. The maximum Gasteiger partial charge on any atom is 0.320 e. The van der Waals surface area contributed by atoms with Gasteiger partial charge in [-0.3, -0.25) is 0 Å². The van der Waals surface area contributed by atoms with E-state index in [4.69, 9.17) is 5.73 Å². The van der Waals surface area contributed by atoms with Crippen LogP contribution in [0, 0.1) is 11.3 Å². The Morgan fingerprint density at radius 1 is 1.39 bits per heavy atom. The van der Waals surface area contributed by atoms with Crippen LogP contribution in [0.3, 0.4) is 0 Å². The third kappa shape index (κ3) is 4.16. The van der Waals surface area contributed by atoms with Gasteiger partial charge in [0, 0.05) is 26.2 Å². The summed E-state index contributed by atoms with van der Waals surface area (Å²) in [6.45, 7) is 12.4. The average molecular weight is 255 g/mol. The molecule has 0 atom stereocenters. The highest BCUT2D eigenvalue weighted by Crippen LogP contribution is 2.20. The number of hydrogen-bond donors (Lipinski definition) is 1. The fourth-order valence-electron chi connectivity index (χ4n) is 2.30. The Labute approximate surface area is 111 Å². The van der Waals surface area contributed by atoms with Crippen molar-refractivity contribution in [2.24, 2.45) is 17.1 Å². The molecular weight excluding hydrogens is 226 g/mol. The SMILES string of the molecule is CCN(CC(C)(C)CN)C(=O)N1CCC(C)CC1. The second-order valence-electron chi connectivity index (χ2n) is 6.33. The molecule has 0 unspecified atom stereocenters. The number of nitrogens with two attached hydrogens (primary N) is 1. The molecule has 0 aromatic heterocycles. The molecule has 0 saturated carbocycles. The number of urea groups is 1. The van der Waals surface area contributed by atoms with Gasteiger partial charge in [-0.2, -0.15) is 0 Å². The monoisotopic (exact) mass is 255 g/mol. The van der Waals surface area contributed by atoms with Crippen molar-refractivity contribution in [1.82, 2.24) is 9.80 Å². The summed E-state index contributed by atoms with van der Waals surface area (Å²) >= 11 is 0. The normalized spacial score (nSPS) is 17.9. The van der Waals surface area contributed by atoms with Gasteiger partial charge in [-0.1, -0.05) is 20.8 Å². The van der Waals surface area contributed by atoms with Crippen LogP contribution in [0.4, 0.5) is 4.79 Å². The Bertz CT molecular complexity index is 270. The van der Waals surface area contributed by atoms with E-state index < -0.39 is 0 Å². The van der Waals surface area contributed by atoms with Crippen molar-refractivity contribution >= 4 is 6.03 Å². The highest BCUT2D eigenvalue weighted by Gasteiger charge is 2.27. The lowest BCUT2D eigenvalue weighted by Crippen LogP contribution is -2.50. The van der Waals surface area contributed by atoms with Gasteiger partial charge in [0.15, 0.2) is 0 Å². The number of carbonyl (C=O) groups is 1. The lowest BCUT2D eigenvalue weighted by atomic mass is 9.93. The van der Waals surface area contributed by atoms with Crippen LogP contribution in [0.5, 0.6) is 0 Å². The summed E-state index contributed by atoms with van der Waals surface area (Å²) in [5.41, 5.74) is 5.75. The molecule has 0 aromatic rings. The zero-order valence-corrected chi connectivity index (χ0v) is 12.4. The fraction of sp³-hybridized carbons (Fsp3) is 0.929. The zero-order chi connectivity index (χ0) is 13.8. The van der Waals surface area contributed by atoms with Gasteiger partial charge in [0.25, 0.3) is 0 Å². The minimum absolute atomic E-state index is 0.00521. The Hall–Kier alpha value is -0.770. The van der Waals surface area contributed by atoms with Gasteiger partial charge in [0.2, 0.25) is 0 Å². The maximum absolute atomic E-state index is 12.4. The van der Waals surface area contributed by atoms with Gasteiger partial charge in [0.05, 0.1) is 0 Å². The molecule has 1 saturated heterocycles. The van der Waals surface area contributed by atoms with E-state index in [1.807, 2.05) is 16.7 Å². The number of likely N-dealkylation sites (tertiary alicyclic amines) is 1. The summed E-state index contributed by atoms with van der Waals surface area (Å²) in [6, 6.07) is 0.186. The van der Waals surface area contributed by atoms with E-state index >= 15 is 0 Å². The Morgan fingerprint density at radius 3 is 2.39 bits per heavy atom. The molecule has 106 valence electrons. The standard InChI is InChI=1S/C14H29N3O/c1-5-16(11-14(3,4)10-15)13(18)17-8-6-12(2)7-9-17/h12H,5-11,15H2,1-4H3. The summed E-state index contributed by atoms with van der Waals surface area (Å²) in [5, 5.41) is 0. The number of nitrogens with zero attached hydrogens (tertiary/aromatic N) is 2. The highest BCUT2D eigenvalue weighted by atomic mass is 16.2. The molecule has 18 heavy (non-hydrogen) atoms. The van der Waals surface area contributed by atoms with Gasteiger partial charge in [0.1, 0.15) is 0 Å². The molecule has 1 aliphatic heterocycles. The average Bonchev–Trinajstić information content (AvgIpc) is 2.36. The van der Waals surface area contributed by atoms with Crippen molar-refractivity contribution in [3.63, 3.8) is 0 Å². The molecule has 2 amide bonds. The van der Waals surface area contributed by atoms with E-state index in [9.17, 15) is 4.79 Å². The van der Waals surface area contributed by atoms with Crippen molar-refractivity contribution in [2.45, 2.75) is 40.5 Å². The number of piperidine rings is 1. The van der Waals surface area contributed by atoms with Gasteiger partial charge >= 0.3 is 6.03 Å². The first kappa shape index (κ1) is 15.3. The van der Waals surface area contributed by atoms with Crippen LogP contribution >= 0.6 is 0 Å². The first-order valence-corrected chi connectivity index (χ1v) is 7.13. The number of carbonyl (C=O) groups excluding carboxylic acids is 1. The fourth-order valence-corrected chi connectivity index (χ4v) is 2.30. The van der Waals surface area contributed by atoms with Crippen molar-refractivity contribution in [3.8, 4) is 0 Å². The lowest BCUT2D eigenvalue weighted by Gasteiger charge is -2.37. The maximum atomic E-state index is 12.4. The summed E-state index contributed by atoms with van der Waals surface area (Å²) in [7, 11) is 0. The molecule has 1 aliphatic rings. The summed E-state index contributed by atoms with van der Waals surface area (Å²) < 4.78 is 0. The van der Waals surface area contributed by atoms with Crippen LogP contribution in [-0.2, 0) is 0 Å². The number of amides is 2. The van der Waals surface area contributed by atoms with Crippen molar-refractivity contribution in [2.75, 3.05) is 32.7 Å². The van der Waals surface area contributed by atoms with Gasteiger partial charge in [-0.15, -0.1) is 0 Å². The largest absolute Gasteiger partial charge is 0.330 e. The topological polar surface area (TPSA) is 49.6 Å². The van der Waals surface area contributed by atoms with E-state index in [1.54, 1.807) is 0 Å². The minimum atomic E-state index is -0.00521. The van der Waals surface area contributed by atoms with E-state index in [0.29, 0.717) is 6.54 Å². The van der Waals surface area contributed by atoms with E-state index in [-0.39, 0.29) is 11.4 Å². The lowest BCUT2D eigenvalue weighted by molar-refractivity contribution is 0.120. The highest BCUT2D eigenvalue weighted by molar-refractivity contribution is 5.74. The second kappa shape index (κ2) is 6.41.